The van der Waals surface area contributed by atoms with Crippen LogP contribution in [0.3, 0.4) is 0 Å². The van der Waals surface area contributed by atoms with Crippen molar-refractivity contribution in [3.63, 3.8) is 0 Å². The third kappa shape index (κ3) is 3.73. The van der Waals surface area contributed by atoms with Gasteiger partial charge in [0, 0.05) is 37.5 Å². The lowest BCUT2D eigenvalue weighted by molar-refractivity contribution is -0.114. The monoisotopic (exact) mass is 429 g/mol. The number of carbonyl (C=O) groups excluding carboxylic acids is 1. The highest BCUT2D eigenvalue weighted by molar-refractivity contribution is 5.93. The van der Waals surface area contributed by atoms with Crippen LogP contribution in [0, 0.1) is 35.5 Å². The number of rotatable bonds is 4. The smallest absolute Gasteiger partial charge is 0.156 e. The van der Waals surface area contributed by atoms with Crippen LogP contribution in [0.2, 0.25) is 0 Å². The Balaban J connectivity index is 1.56. The number of aliphatic hydroxyl groups excluding tert-OH is 1. The fourth-order valence-corrected chi connectivity index (χ4v) is 7.18. The Morgan fingerprint density at radius 1 is 1.06 bits per heavy atom. The van der Waals surface area contributed by atoms with Gasteiger partial charge in [-0.05, 0) is 98.1 Å². The number of ketones is 1. The average Bonchev–Trinajstić information content (AvgIpc) is 3.21. The molecule has 4 aliphatic carbocycles. The zero-order chi connectivity index (χ0) is 22.2. The predicted octanol–water partition coefficient (Wildman–Crippen LogP) is 5.26. The summed E-state index contributed by atoms with van der Waals surface area (Å²) < 4.78 is 0. The number of likely N-dealkylation sites (N-methyl/N-ethyl adjacent to an activating group) is 1. The lowest BCUT2D eigenvalue weighted by Gasteiger charge is -2.47. The second-order valence-electron chi connectivity index (χ2n) is 10.1. The van der Waals surface area contributed by atoms with E-state index in [0.29, 0.717) is 42.4 Å². The first-order valence-electron chi connectivity index (χ1n) is 12.4. The maximum Gasteiger partial charge on any atom is 0.156 e. The van der Waals surface area contributed by atoms with E-state index in [9.17, 15) is 9.90 Å². The van der Waals surface area contributed by atoms with Crippen molar-refractivity contribution in [1.29, 1.82) is 0 Å². The van der Waals surface area contributed by atoms with E-state index in [4.69, 9.17) is 0 Å². The summed E-state index contributed by atoms with van der Waals surface area (Å²) in [5.41, 5.74) is 7.07. The summed E-state index contributed by atoms with van der Waals surface area (Å²) in [6, 6.07) is 9.03. The number of fused-ring (bicyclic) bond motifs is 4. The molecule has 0 bridgehead atoms. The van der Waals surface area contributed by atoms with Crippen LogP contribution in [0.15, 0.2) is 47.1 Å². The molecule has 0 radical (unpaired) electrons. The highest BCUT2D eigenvalue weighted by atomic mass is 16.3. The number of nitrogens with zero attached hydrogens (tertiary/aromatic N) is 1. The first kappa shape index (κ1) is 21.5. The van der Waals surface area contributed by atoms with Crippen LogP contribution in [-0.4, -0.2) is 31.1 Å². The molecular formula is C29H35NO2. The number of aliphatic hydroxyl groups is 1. The molecule has 3 heteroatoms. The largest absolute Gasteiger partial charge is 0.395 e. The summed E-state index contributed by atoms with van der Waals surface area (Å²) in [5, 5.41) is 9.28. The van der Waals surface area contributed by atoms with Gasteiger partial charge in [0.1, 0.15) is 0 Å². The molecule has 5 atom stereocenters. The van der Waals surface area contributed by atoms with Crippen LogP contribution in [0.25, 0.3) is 0 Å². The van der Waals surface area contributed by atoms with Gasteiger partial charge in [-0.3, -0.25) is 4.79 Å². The Morgan fingerprint density at radius 2 is 1.88 bits per heavy atom. The van der Waals surface area contributed by atoms with Crippen LogP contribution >= 0.6 is 0 Å². The van der Waals surface area contributed by atoms with Gasteiger partial charge in [-0.1, -0.05) is 23.6 Å². The topological polar surface area (TPSA) is 40.5 Å². The molecular weight excluding hydrogens is 394 g/mol. The van der Waals surface area contributed by atoms with E-state index in [-0.39, 0.29) is 6.61 Å². The normalized spacial score (nSPS) is 31.2. The molecule has 1 aromatic rings. The zero-order valence-corrected chi connectivity index (χ0v) is 19.4. The summed E-state index contributed by atoms with van der Waals surface area (Å²) in [6.45, 7) is 2.79. The minimum Gasteiger partial charge on any atom is -0.395 e. The summed E-state index contributed by atoms with van der Waals surface area (Å²) in [6.07, 6.45) is 9.56. The number of benzene rings is 1. The Morgan fingerprint density at radius 3 is 2.62 bits per heavy atom. The Kier molecular flexibility index (Phi) is 5.99. The zero-order valence-electron chi connectivity index (χ0n) is 19.4. The summed E-state index contributed by atoms with van der Waals surface area (Å²) in [7, 11) is 2.03. The van der Waals surface area contributed by atoms with Gasteiger partial charge in [-0.25, -0.2) is 0 Å². The average molecular weight is 430 g/mol. The van der Waals surface area contributed by atoms with Crippen molar-refractivity contribution in [2.24, 2.45) is 23.7 Å². The highest BCUT2D eigenvalue weighted by Crippen LogP contribution is 2.60. The lowest BCUT2D eigenvalue weighted by Crippen LogP contribution is -2.36. The number of carbonyl (C=O) groups is 1. The van der Waals surface area contributed by atoms with E-state index in [0.717, 1.165) is 24.4 Å². The van der Waals surface area contributed by atoms with Crippen molar-refractivity contribution in [3.8, 4) is 11.8 Å². The predicted molar refractivity (Wildman–Crippen MR) is 129 cm³/mol. The maximum absolute atomic E-state index is 12.1. The number of hydrogen-bond donors (Lipinski definition) is 1. The Bertz CT molecular complexity index is 1010. The number of anilines is 1. The molecule has 0 aliphatic heterocycles. The molecule has 0 saturated heterocycles. The lowest BCUT2D eigenvalue weighted by atomic mass is 9.57. The van der Waals surface area contributed by atoms with E-state index in [1.54, 1.807) is 5.57 Å². The summed E-state index contributed by atoms with van der Waals surface area (Å²) in [4.78, 5) is 14.2. The van der Waals surface area contributed by atoms with Gasteiger partial charge in [0.15, 0.2) is 5.78 Å². The fourth-order valence-electron chi connectivity index (χ4n) is 7.18. The molecule has 32 heavy (non-hydrogen) atoms. The SMILES string of the molecule is CC#CC1CCC2C3CCC4=CC(=O)CCC4=C3[C@@H](c3ccc(N(C)CCO)cc3)CC12. The third-order valence-electron chi connectivity index (χ3n) is 8.60. The van der Waals surface area contributed by atoms with Gasteiger partial charge in [0.05, 0.1) is 6.61 Å². The molecule has 4 unspecified atom stereocenters. The van der Waals surface area contributed by atoms with Crippen molar-refractivity contribution < 1.29 is 9.90 Å². The van der Waals surface area contributed by atoms with Crippen LogP contribution in [-0.2, 0) is 4.79 Å². The maximum atomic E-state index is 12.1. The second kappa shape index (κ2) is 8.91. The van der Waals surface area contributed by atoms with Gasteiger partial charge in [-0.15, -0.1) is 5.92 Å². The Labute approximate surface area is 192 Å². The molecule has 168 valence electrons. The van der Waals surface area contributed by atoms with Crippen LogP contribution in [0.1, 0.15) is 63.4 Å². The molecule has 4 aliphatic rings. The molecule has 0 spiro atoms. The fraction of sp³-hybridized carbons (Fsp3) is 0.552. The van der Waals surface area contributed by atoms with Crippen molar-refractivity contribution >= 4 is 11.5 Å². The minimum atomic E-state index is 0.162. The minimum absolute atomic E-state index is 0.162. The number of hydrogen-bond acceptors (Lipinski definition) is 3. The molecule has 5 rings (SSSR count). The van der Waals surface area contributed by atoms with Gasteiger partial charge in [0.25, 0.3) is 0 Å². The summed E-state index contributed by atoms with van der Waals surface area (Å²) in [5.74, 6) is 10.2. The molecule has 2 saturated carbocycles. The van der Waals surface area contributed by atoms with E-state index < -0.39 is 0 Å². The van der Waals surface area contributed by atoms with Crippen LogP contribution in [0.5, 0.6) is 0 Å². The highest BCUT2D eigenvalue weighted by Gasteiger charge is 2.49. The van der Waals surface area contributed by atoms with Crippen molar-refractivity contribution in [1.82, 2.24) is 0 Å². The van der Waals surface area contributed by atoms with Gasteiger partial charge < -0.3 is 10.0 Å². The van der Waals surface area contributed by atoms with Gasteiger partial charge in [-0.2, -0.15) is 0 Å². The molecule has 2 fully saturated rings. The molecule has 1 aromatic carbocycles. The first-order chi connectivity index (χ1) is 15.6. The van der Waals surface area contributed by atoms with Gasteiger partial charge >= 0.3 is 0 Å². The molecule has 0 heterocycles. The third-order valence-corrected chi connectivity index (χ3v) is 8.60. The van der Waals surface area contributed by atoms with E-state index in [1.807, 2.05) is 20.0 Å². The molecule has 0 aromatic heterocycles. The number of allylic oxidation sites excluding steroid dienone is 4. The van der Waals surface area contributed by atoms with E-state index in [1.165, 1.54) is 42.4 Å². The Hall–Kier alpha value is -2.31. The van der Waals surface area contributed by atoms with Gasteiger partial charge in [0.2, 0.25) is 0 Å². The summed E-state index contributed by atoms with van der Waals surface area (Å²) >= 11 is 0. The molecule has 3 nitrogen and oxygen atoms in total. The quantitative estimate of drug-likeness (QED) is 0.664. The van der Waals surface area contributed by atoms with E-state index >= 15 is 0 Å². The standard InChI is InChI=1S/C29H35NO2/c1-3-4-19-7-12-25-26-13-8-21-17-23(32)11-14-24(21)29(26)28(18-27(19)25)20-5-9-22(10-6-20)30(2)15-16-31/h5-6,9-10,17,19,25-28,31H,7-8,11-16,18H2,1-2H3/t19?,25?,26?,27?,28-/m1/s1. The second-order valence-corrected chi connectivity index (χ2v) is 10.1. The first-order valence-corrected chi connectivity index (χ1v) is 12.4. The molecule has 1 N–H and O–H groups in total. The molecule has 0 amide bonds. The van der Waals surface area contributed by atoms with E-state index in [2.05, 4.69) is 41.0 Å². The van der Waals surface area contributed by atoms with Crippen molar-refractivity contribution in [2.45, 2.75) is 57.8 Å². The van der Waals surface area contributed by atoms with Crippen LogP contribution in [0.4, 0.5) is 5.69 Å². The van der Waals surface area contributed by atoms with Crippen LogP contribution < -0.4 is 4.90 Å². The van der Waals surface area contributed by atoms with Crippen molar-refractivity contribution in [2.75, 3.05) is 25.1 Å². The van der Waals surface area contributed by atoms with Crippen molar-refractivity contribution in [3.05, 3.63) is 52.6 Å².